The van der Waals surface area contributed by atoms with Gasteiger partial charge in [0.1, 0.15) is 11.0 Å². The molecule has 2 aliphatic rings. The topological polar surface area (TPSA) is 109 Å². The predicted octanol–water partition coefficient (Wildman–Crippen LogP) is 5.32. The van der Waals surface area contributed by atoms with E-state index in [1.54, 1.807) is 42.5 Å². The molecule has 11 heteroatoms. The zero-order valence-corrected chi connectivity index (χ0v) is 24.3. The van der Waals surface area contributed by atoms with Gasteiger partial charge < -0.3 is 15.0 Å². The van der Waals surface area contributed by atoms with Crippen LogP contribution < -0.4 is 19.8 Å². The van der Waals surface area contributed by atoms with Crippen molar-refractivity contribution in [2.75, 3.05) is 16.8 Å². The minimum atomic E-state index is -0.758. The summed E-state index contributed by atoms with van der Waals surface area (Å²) in [6, 6.07) is 21.6. The summed E-state index contributed by atoms with van der Waals surface area (Å²) in [5, 5.41) is 2.68. The van der Waals surface area contributed by atoms with Crippen molar-refractivity contribution in [3.8, 4) is 5.75 Å². The number of aromatic amines is 1. The number of aromatic nitrogens is 1. The molecule has 3 atom stereocenters. The second kappa shape index (κ2) is 10.7. The number of fused-ring (bicyclic) bond motifs is 2. The molecule has 0 aliphatic carbocycles. The number of aryl methyl sites for hydroxylation is 1. The fourth-order valence-corrected chi connectivity index (χ4v) is 7.90. The zero-order valence-electron chi connectivity index (χ0n) is 21.1. The molecule has 8 nitrogen and oxygen atoms in total. The third-order valence-corrected chi connectivity index (χ3v) is 9.75. The maximum absolute atomic E-state index is 13.9. The number of ether oxygens (including phenoxy) is 1. The Kier molecular flexibility index (Phi) is 7.11. The van der Waals surface area contributed by atoms with Crippen LogP contribution in [0.4, 0.5) is 11.4 Å². The van der Waals surface area contributed by atoms with E-state index in [0.717, 1.165) is 21.4 Å². The number of thioether (sulfide) groups is 1. The number of H-pyrrole nitrogens is 1. The highest BCUT2D eigenvalue weighted by atomic mass is 79.9. The van der Waals surface area contributed by atoms with E-state index in [1.807, 2.05) is 37.3 Å². The fourth-order valence-electron chi connectivity index (χ4n) is 5.13. The Balaban J connectivity index is 1.34. The number of benzene rings is 3. The highest BCUT2D eigenvalue weighted by Crippen LogP contribution is 2.54. The lowest BCUT2D eigenvalue weighted by atomic mass is 9.82. The number of halogens is 1. The summed E-state index contributed by atoms with van der Waals surface area (Å²) < 4.78 is 6.82. The number of amides is 3. The summed E-state index contributed by atoms with van der Waals surface area (Å²) in [4.78, 5) is 57.2. The molecular weight excluding hydrogens is 614 g/mol. The normalized spacial score (nSPS) is 19.8. The van der Waals surface area contributed by atoms with Crippen molar-refractivity contribution in [1.82, 2.24) is 4.98 Å². The highest BCUT2D eigenvalue weighted by Gasteiger charge is 2.56. The largest absolute Gasteiger partial charge is 0.483 e. The molecule has 0 radical (unpaired) electrons. The van der Waals surface area contributed by atoms with Gasteiger partial charge in [0.15, 0.2) is 6.61 Å². The van der Waals surface area contributed by atoms with Gasteiger partial charge in [0.05, 0.1) is 16.6 Å². The van der Waals surface area contributed by atoms with E-state index in [9.17, 15) is 19.2 Å². The molecule has 4 aromatic rings. The average molecular weight is 637 g/mol. The first-order valence-corrected chi connectivity index (χ1v) is 14.9. The number of nitrogens with one attached hydrogen (secondary N) is 2. The van der Waals surface area contributed by atoms with Gasteiger partial charge >= 0.3 is 4.87 Å². The molecule has 6 rings (SSSR count). The molecule has 1 fully saturated rings. The Morgan fingerprint density at radius 3 is 2.58 bits per heavy atom. The minimum Gasteiger partial charge on any atom is -0.483 e. The zero-order chi connectivity index (χ0) is 28.0. The predicted molar refractivity (Wildman–Crippen MR) is 158 cm³/mol. The lowest BCUT2D eigenvalue weighted by Crippen LogP contribution is -2.32. The number of hydrogen-bond acceptors (Lipinski definition) is 7. The van der Waals surface area contributed by atoms with Crippen molar-refractivity contribution in [3.05, 3.63) is 103 Å². The Morgan fingerprint density at radius 1 is 1.02 bits per heavy atom. The van der Waals surface area contributed by atoms with E-state index in [2.05, 4.69) is 26.2 Å². The van der Waals surface area contributed by atoms with Gasteiger partial charge in [0.25, 0.3) is 5.91 Å². The number of hydrogen-bond donors (Lipinski definition) is 2. The summed E-state index contributed by atoms with van der Waals surface area (Å²) >= 11 is 5.63. The average Bonchev–Trinajstić information content (AvgIpc) is 3.42. The van der Waals surface area contributed by atoms with Crippen LogP contribution >= 0.6 is 39.0 Å². The number of carbonyl (C=O) groups excluding carboxylic acids is 3. The molecule has 40 heavy (non-hydrogen) atoms. The quantitative estimate of drug-likeness (QED) is 0.278. The Morgan fingerprint density at radius 2 is 1.80 bits per heavy atom. The van der Waals surface area contributed by atoms with Crippen molar-refractivity contribution < 1.29 is 19.1 Å². The fraction of sp³-hybridized carbons (Fsp3) is 0.172. The van der Waals surface area contributed by atoms with Crippen LogP contribution in [-0.4, -0.2) is 34.6 Å². The summed E-state index contributed by atoms with van der Waals surface area (Å²) in [5.41, 5.74) is 2.81. The van der Waals surface area contributed by atoms with Crippen LogP contribution in [0.25, 0.3) is 0 Å². The van der Waals surface area contributed by atoms with Gasteiger partial charge in [-0.15, -0.1) is 0 Å². The first-order chi connectivity index (χ1) is 19.3. The van der Waals surface area contributed by atoms with Crippen LogP contribution in [0.3, 0.4) is 0 Å². The SMILES string of the molecule is Cc1cccc(NC(=O)COc2ccccc2[C@H]2c3sc(=O)[nH]c3SC3C(=O)N(c4ccc(Br)cc4)C(=O)C32)c1. The van der Waals surface area contributed by atoms with Crippen molar-refractivity contribution in [2.45, 2.75) is 23.1 Å². The van der Waals surface area contributed by atoms with Gasteiger partial charge in [0, 0.05) is 26.5 Å². The number of nitrogens with zero attached hydrogens (tertiary/aromatic N) is 1. The number of thiazole rings is 1. The lowest BCUT2D eigenvalue weighted by molar-refractivity contribution is -0.122. The van der Waals surface area contributed by atoms with E-state index in [1.165, 1.54) is 16.7 Å². The molecule has 2 N–H and O–H groups in total. The van der Waals surface area contributed by atoms with Crippen LogP contribution in [0.2, 0.25) is 0 Å². The second-order valence-corrected chi connectivity index (χ2v) is 12.6. The standard InChI is InChI=1S/C29H22BrN3O5S2/c1-15-5-4-6-17(13-15)31-21(34)14-38-20-8-3-2-7-19(20)22-23-25(39-26-24(22)40-29(37)32-26)28(36)33(27(23)35)18-11-9-16(30)10-12-18/h2-13,22-23,25H,14H2,1H3,(H,31,34)(H,32,37)/t22-,23?,25?/m1/s1. The molecule has 2 aliphatic heterocycles. The third-order valence-electron chi connectivity index (χ3n) is 6.82. The number of carbonyl (C=O) groups is 3. The molecular formula is C29H22BrN3O5S2. The molecule has 0 spiro atoms. The van der Waals surface area contributed by atoms with Crippen molar-refractivity contribution in [1.29, 1.82) is 0 Å². The minimum absolute atomic E-state index is 0.255. The number of imide groups is 1. The van der Waals surface area contributed by atoms with Gasteiger partial charge in [-0.25, -0.2) is 4.90 Å². The first-order valence-electron chi connectivity index (χ1n) is 12.4. The van der Waals surface area contributed by atoms with E-state index in [4.69, 9.17) is 4.74 Å². The molecule has 1 aromatic heterocycles. The van der Waals surface area contributed by atoms with Crippen molar-refractivity contribution >= 4 is 68.1 Å². The van der Waals surface area contributed by atoms with Gasteiger partial charge in [-0.05, 0) is 55.0 Å². The molecule has 3 heterocycles. The number of rotatable bonds is 6. The third kappa shape index (κ3) is 4.89. The van der Waals surface area contributed by atoms with E-state index in [0.29, 0.717) is 32.6 Å². The van der Waals surface area contributed by atoms with Gasteiger partial charge in [-0.2, -0.15) is 0 Å². The molecule has 0 bridgehead atoms. The lowest BCUT2D eigenvalue weighted by Gasteiger charge is -2.30. The monoisotopic (exact) mass is 635 g/mol. The van der Waals surface area contributed by atoms with Gasteiger partial charge in [-0.1, -0.05) is 69.4 Å². The molecule has 2 unspecified atom stereocenters. The van der Waals surface area contributed by atoms with Crippen LogP contribution in [0.15, 0.2) is 87.1 Å². The molecule has 3 aromatic carbocycles. The van der Waals surface area contributed by atoms with Crippen molar-refractivity contribution in [2.24, 2.45) is 5.92 Å². The van der Waals surface area contributed by atoms with Crippen LogP contribution in [-0.2, 0) is 14.4 Å². The summed E-state index contributed by atoms with van der Waals surface area (Å²) in [6.45, 7) is 1.68. The van der Waals surface area contributed by atoms with Crippen molar-refractivity contribution in [3.63, 3.8) is 0 Å². The first kappa shape index (κ1) is 26.5. The van der Waals surface area contributed by atoms with Crippen LogP contribution in [0.5, 0.6) is 5.75 Å². The Bertz CT molecular complexity index is 1700. The molecule has 202 valence electrons. The summed E-state index contributed by atoms with van der Waals surface area (Å²) in [6.07, 6.45) is 0. The summed E-state index contributed by atoms with van der Waals surface area (Å²) in [7, 11) is 0. The number of para-hydroxylation sites is 1. The Labute approximate surface area is 245 Å². The summed E-state index contributed by atoms with van der Waals surface area (Å²) in [5.74, 6) is -1.97. The maximum atomic E-state index is 13.9. The van der Waals surface area contributed by atoms with Gasteiger partial charge in [0.2, 0.25) is 11.8 Å². The van der Waals surface area contributed by atoms with Crippen LogP contribution in [0, 0.1) is 12.8 Å². The molecule has 0 saturated carbocycles. The van der Waals surface area contributed by atoms with E-state index >= 15 is 0 Å². The Hall–Kier alpha value is -3.67. The van der Waals surface area contributed by atoms with E-state index in [-0.39, 0.29) is 29.2 Å². The molecule has 1 saturated heterocycles. The number of anilines is 2. The van der Waals surface area contributed by atoms with Crippen LogP contribution in [0.1, 0.15) is 21.9 Å². The smallest absolute Gasteiger partial charge is 0.305 e. The molecule has 3 amide bonds. The second-order valence-electron chi connectivity index (χ2n) is 9.48. The van der Waals surface area contributed by atoms with E-state index < -0.39 is 17.1 Å². The van der Waals surface area contributed by atoms with Gasteiger partial charge in [-0.3, -0.25) is 19.2 Å². The maximum Gasteiger partial charge on any atom is 0.305 e. The highest BCUT2D eigenvalue weighted by molar-refractivity contribution is 9.10.